The average molecular weight is 274 g/mol. The zero-order valence-electron chi connectivity index (χ0n) is 10.8. The van der Waals surface area contributed by atoms with Crippen LogP contribution in [0.15, 0.2) is 0 Å². The minimum absolute atomic E-state index is 0.365. The molecule has 18 heavy (non-hydrogen) atoms. The van der Waals surface area contributed by atoms with E-state index in [1.165, 1.54) is 12.8 Å². The molecule has 0 spiro atoms. The number of urea groups is 1. The summed E-state index contributed by atoms with van der Waals surface area (Å²) in [5.41, 5.74) is 0. The lowest BCUT2D eigenvalue weighted by atomic mass is 10.1. The van der Waals surface area contributed by atoms with Crippen LogP contribution in [-0.2, 0) is 4.79 Å². The maximum Gasteiger partial charge on any atom is 0.326 e. The van der Waals surface area contributed by atoms with Crippen molar-refractivity contribution in [1.82, 2.24) is 10.6 Å². The lowest BCUT2D eigenvalue weighted by molar-refractivity contribution is -0.139. The van der Waals surface area contributed by atoms with Crippen LogP contribution in [0.5, 0.6) is 0 Å². The molecule has 1 fully saturated rings. The van der Waals surface area contributed by atoms with Crippen LogP contribution in [0, 0.1) is 5.92 Å². The molecule has 1 saturated carbocycles. The lowest BCUT2D eigenvalue weighted by Gasteiger charge is -2.16. The normalized spacial score (nSPS) is 17.4. The molecule has 1 atom stereocenters. The Morgan fingerprint density at radius 1 is 1.39 bits per heavy atom. The van der Waals surface area contributed by atoms with Crippen LogP contribution in [0.4, 0.5) is 4.79 Å². The van der Waals surface area contributed by atoms with E-state index in [9.17, 15) is 9.59 Å². The van der Waals surface area contributed by atoms with E-state index in [2.05, 4.69) is 10.6 Å². The topological polar surface area (TPSA) is 78.4 Å². The summed E-state index contributed by atoms with van der Waals surface area (Å²) in [6.45, 7) is 0.653. The number of rotatable bonds is 7. The standard InChI is InChI=1S/C12H22N2O3S/c1-18-7-6-10(11(15)16)14-12(17)13-8-9-4-2-3-5-9/h9-10H,2-8H2,1H3,(H,15,16)(H2,13,14,17). The number of hydrogen-bond acceptors (Lipinski definition) is 3. The van der Waals surface area contributed by atoms with Crippen molar-refractivity contribution in [3.63, 3.8) is 0 Å². The second-order valence-corrected chi connectivity index (χ2v) is 5.66. The molecule has 0 heterocycles. The Labute approximate surface area is 112 Å². The molecule has 1 unspecified atom stereocenters. The number of carboxylic acid groups (broad SMARTS) is 1. The van der Waals surface area contributed by atoms with Crippen LogP contribution < -0.4 is 10.6 Å². The maximum absolute atomic E-state index is 11.6. The van der Waals surface area contributed by atoms with E-state index in [1.807, 2.05) is 6.26 Å². The summed E-state index contributed by atoms with van der Waals surface area (Å²) in [5, 5.41) is 14.3. The summed E-state index contributed by atoms with van der Waals surface area (Å²) in [4.78, 5) is 22.5. The first kappa shape index (κ1) is 15.1. The third kappa shape index (κ3) is 5.62. The first-order chi connectivity index (χ1) is 8.63. The second kappa shape index (κ2) is 8.24. The van der Waals surface area contributed by atoms with Crippen molar-refractivity contribution in [2.75, 3.05) is 18.6 Å². The minimum atomic E-state index is -0.972. The molecular weight excluding hydrogens is 252 g/mol. The molecule has 0 radical (unpaired) electrons. The van der Waals surface area contributed by atoms with Gasteiger partial charge in [0, 0.05) is 6.54 Å². The van der Waals surface area contributed by atoms with Crippen molar-refractivity contribution in [2.24, 2.45) is 5.92 Å². The Morgan fingerprint density at radius 3 is 2.61 bits per heavy atom. The maximum atomic E-state index is 11.6. The molecule has 2 amide bonds. The van der Waals surface area contributed by atoms with Gasteiger partial charge in [0.15, 0.2) is 0 Å². The number of thioether (sulfide) groups is 1. The fourth-order valence-corrected chi connectivity index (χ4v) is 2.63. The monoisotopic (exact) mass is 274 g/mol. The van der Waals surface area contributed by atoms with Crippen molar-refractivity contribution < 1.29 is 14.7 Å². The van der Waals surface area contributed by atoms with Crippen molar-refractivity contribution in [2.45, 2.75) is 38.1 Å². The van der Waals surface area contributed by atoms with Gasteiger partial charge in [-0.1, -0.05) is 12.8 Å². The summed E-state index contributed by atoms with van der Waals surface area (Å²) in [7, 11) is 0. The predicted molar refractivity (Wildman–Crippen MR) is 72.9 cm³/mol. The van der Waals surface area contributed by atoms with Gasteiger partial charge in [0.25, 0.3) is 0 Å². The van der Waals surface area contributed by atoms with Crippen LogP contribution in [0.2, 0.25) is 0 Å². The summed E-state index contributed by atoms with van der Waals surface area (Å²) in [5.74, 6) is 0.310. The summed E-state index contributed by atoms with van der Waals surface area (Å²) < 4.78 is 0. The van der Waals surface area contributed by atoms with Gasteiger partial charge in [0.2, 0.25) is 0 Å². The van der Waals surface area contributed by atoms with E-state index in [1.54, 1.807) is 11.8 Å². The molecule has 5 nitrogen and oxygen atoms in total. The van der Waals surface area contributed by atoms with Gasteiger partial charge in [-0.2, -0.15) is 11.8 Å². The highest BCUT2D eigenvalue weighted by Crippen LogP contribution is 2.23. The number of carbonyl (C=O) groups excluding carboxylic acids is 1. The molecule has 1 rings (SSSR count). The molecule has 1 aliphatic rings. The predicted octanol–water partition coefficient (Wildman–Crippen LogP) is 1.68. The van der Waals surface area contributed by atoms with E-state index in [0.29, 0.717) is 18.9 Å². The molecule has 1 aliphatic carbocycles. The average Bonchev–Trinajstić information content (AvgIpc) is 2.84. The molecule has 104 valence electrons. The van der Waals surface area contributed by atoms with Gasteiger partial charge >= 0.3 is 12.0 Å². The van der Waals surface area contributed by atoms with Crippen molar-refractivity contribution in [3.05, 3.63) is 0 Å². The van der Waals surface area contributed by atoms with Gasteiger partial charge in [-0.3, -0.25) is 0 Å². The minimum Gasteiger partial charge on any atom is -0.480 e. The largest absolute Gasteiger partial charge is 0.480 e. The molecule has 0 saturated heterocycles. The second-order valence-electron chi connectivity index (χ2n) is 4.68. The number of carbonyl (C=O) groups is 2. The highest BCUT2D eigenvalue weighted by atomic mass is 32.2. The summed E-state index contributed by atoms with van der Waals surface area (Å²) in [6.07, 6.45) is 7.16. The third-order valence-corrected chi connectivity index (χ3v) is 3.88. The van der Waals surface area contributed by atoms with Gasteiger partial charge in [-0.15, -0.1) is 0 Å². The Kier molecular flexibility index (Phi) is 6.93. The van der Waals surface area contributed by atoms with Gasteiger partial charge in [-0.25, -0.2) is 9.59 Å². The third-order valence-electron chi connectivity index (χ3n) is 3.24. The fourth-order valence-electron chi connectivity index (χ4n) is 2.15. The number of nitrogens with one attached hydrogen (secondary N) is 2. The van der Waals surface area contributed by atoms with Gasteiger partial charge in [0.05, 0.1) is 0 Å². The van der Waals surface area contributed by atoms with Gasteiger partial charge in [-0.05, 0) is 37.2 Å². The van der Waals surface area contributed by atoms with Crippen LogP contribution in [-0.4, -0.2) is 41.7 Å². The van der Waals surface area contributed by atoms with E-state index in [-0.39, 0.29) is 6.03 Å². The number of hydrogen-bond donors (Lipinski definition) is 3. The quantitative estimate of drug-likeness (QED) is 0.660. The SMILES string of the molecule is CSCCC(NC(=O)NCC1CCCC1)C(=O)O. The number of carboxylic acids is 1. The van der Waals surface area contributed by atoms with E-state index in [0.717, 1.165) is 18.6 Å². The first-order valence-electron chi connectivity index (χ1n) is 6.39. The zero-order chi connectivity index (χ0) is 13.4. The number of aliphatic carboxylic acids is 1. The van der Waals surface area contributed by atoms with E-state index < -0.39 is 12.0 Å². The van der Waals surface area contributed by atoms with Gasteiger partial charge < -0.3 is 15.7 Å². The van der Waals surface area contributed by atoms with Crippen molar-refractivity contribution in [1.29, 1.82) is 0 Å². The van der Waals surface area contributed by atoms with Crippen molar-refractivity contribution in [3.8, 4) is 0 Å². The highest BCUT2D eigenvalue weighted by molar-refractivity contribution is 7.98. The van der Waals surface area contributed by atoms with Crippen molar-refractivity contribution >= 4 is 23.8 Å². The Bertz CT molecular complexity index is 280. The fraction of sp³-hybridized carbons (Fsp3) is 0.833. The number of amides is 2. The van der Waals surface area contributed by atoms with Crippen LogP contribution in [0.3, 0.4) is 0 Å². The highest BCUT2D eigenvalue weighted by Gasteiger charge is 2.20. The van der Waals surface area contributed by atoms with Crippen LogP contribution >= 0.6 is 11.8 Å². The smallest absolute Gasteiger partial charge is 0.326 e. The molecule has 0 aliphatic heterocycles. The Morgan fingerprint density at radius 2 is 2.06 bits per heavy atom. The molecule has 0 aromatic heterocycles. The molecule has 0 aromatic carbocycles. The van der Waals surface area contributed by atoms with E-state index in [4.69, 9.17) is 5.11 Å². The zero-order valence-corrected chi connectivity index (χ0v) is 11.6. The Hall–Kier alpha value is -0.910. The first-order valence-corrected chi connectivity index (χ1v) is 7.79. The van der Waals surface area contributed by atoms with Gasteiger partial charge in [0.1, 0.15) is 6.04 Å². The molecule has 0 bridgehead atoms. The molecular formula is C12H22N2O3S. The lowest BCUT2D eigenvalue weighted by Crippen LogP contribution is -2.47. The molecule has 6 heteroatoms. The summed E-state index contributed by atoms with van der Waals surface area (Å²) >= 11 is 1.57. The Balaban J connectivity index is 2.24. The molecule has 0 aromatic rings. The molecule has 3 N–H and O–H groups in total. The van der Waals surface area contributed by atoms with Crippen LogP contribution in [0.1, 0.15) is 32.1 Å². The van der Waals surface area contributed by atoms with Crippen LogP contribution in [0.25, 0.3) is 0 Å². The summed E-state index contributed by atoms with van der Waals surface area (Å²) in [6, 6.07) is -1.16. The van der Waals surface area contributed by atoms with E-state index >= 15 is 0 Å².